The van der Waals surface area contributed by atoms with Gasteiger partial charge in [0.05, 0.1) is 10.6 Å². The minimum atomic E-state index is -6.57. The lowest BCUT2D eigenvalue weighted by molar-refractivity contribution is -0.387. The Kier molecular flexibility index (Phi) is 7.33. The van der Waals surface area contributed by atoms with Crippen molar-refractivity contribution in [2.75, 3.05) is 11.1 Å². The zero-order valence-corrected chi connectivity index (χ0v) is 17.4. The maximum Gasteiger partial charge on any atom is 0.460 e. The van der Waals surface area contributed by atoms with Crippen LogP contribution in [0.2, 0.25) is 0 Å². The number of sulfone groups is 1. The third-order valence-electron chi connectivity index (χ3n) is 3.84. The molecule has 0 radical (unpaired) electrons. The highest BCUT2D eigenvalue weighted by Gasteiger charge is 2.73. The molecule has 0 saturated heterocycles. The van der Waals surface area contributed by atoms with Crippen LogP contribution >= 0.6 is 11.8 Å². The van der Waals surface area contributed by atoms with Crippen LogP contribution in [-0.2, 0) is 14.6 Å². The molecule has 0 aliphatic rings. The average Bonchev–Trinajstić information content (AvgIpc) is 2.67. The molecule has 2 aromatic rings. The second-order valence-corrected chi connectivity index (χ2v) is 9.33. The molecular formula is C17H11F7N2O5S2. The summed E-state index contributed by atoms with van der Waals surface area (Å²) >= 11 is -1.19. The van der Waals surface area contributed by atoms with Crippen molar-refractivity contribution in [3.63, 3.8) is 0 Å². The third kappa shape index (κ3) is 5.73. The molecule has 0 unspecified atom stereocenters. The first-order chi connectivity index (χ1) is 15.0. The number of nitro groups is 1. The fourth-order valence-electron chi connectivity index (χ4n) is 2.33. The summed E-state index contributed by atoms with van der Waals surface area (Å²) in [4.78, 5) is 20.4. The molecule has 0 aromatic heterocycles. The lowest BCUT2D eigenvalue weighted by Crippen LogP contribution is -2.49. The van der Waals surface area contributed by atoms with Gasteiger partial charge in [0, 0.05) is 11.0 Å². The summed E-state index contributed by atoms with van der Waals surface area (Å²) in [5, 5.41) is 7.15. The van der Waals surface area contributed by atoms with Gasteiger partial charge in [-0.3, -0.25) is 14.9 Å². The van der Waals surface area contributed by atoms with E-state index in [1.807, 2.05) is 5.32 Å². The summed E-state index contributed by atoms with van der Waals surface area (Å²) in [6.07, 6.45) is -6.57. The van der Waals surface area contributed by atoms with Gasteiger partial charge in [0.25, 0.3) is 5.69 Å². The summed E-state index contributed by atoms with van der Waals surface area (Å²) in [6.45, 7) is 0. The van der Waals surface area contributed by atoms with E-state index in [1.165, 1.54) is 6.07 Å². The van der Waals surface area contributed by atoms with E-state index >= 15 is 0 Å². The molecule has 180 valence electrons. The van der Waals surface area contributed by atoms with E-state index in [1.54, 1.807) is 0 Å². The highest BCUT2D eigenvalue weighted by molar-refractivity contribution is 8.00. The van der Waals surface area contributed by atoms with Crippen LogP contribution in [0.15, 0.2) is 58.3 Å². The first kappa shape index (κ1) is 26.4. The number of nitro benzene ring substituents is 1. The molecule has 33 heavy (non-hydrogen) atoms. The molecule has 0 aliphatic carbocycles. The molecule has 0 atom stereocenters. The summed E-state index contributed by atoms with van der Waals surface area (Å²) in [7, 11) is -4.62. The lowest BCUT2D eigenvalue weighted by atomic mass is 10.3. The maximum absolute atomic E-state index is 13.7. The fraction of sp³-hybridized carbons (Fsp3) is 0.235. The highest BCUT2D eigenvalue weighted by Crippen LogP contribution is 2.54. The monoisotopic (exact) mass is 520 g/mol. The quantitative estimate of drug-likeness (QED) is 0.230. The minimum absolute atomic E-state index is 0.678. The first-order valence-electron chi connectivity index (χ1n) is 8.36. The number of hydrogen-bond donors (Lipinski definition) is 1. The average molecular weight is 520 g/mol. The van der Waals surface area contributed by atoms with Gasteiger partial charge in [0.1, 0.15) is 10.6 Å². The second-order valence-electron chi connectivity index (χ2n) is 6.22. The number of benzene rings is 2. The van der Waals surface area contributed by atoms with Gasteiger partial charge < -0.3 is 5.32 Å². The van der Waals surface area contributed by atoms with Crippen LogP contribution in [0.1, 0.15) is 0 Å². The Bertz CT molecular complexity index is 1170. The number of alkyl halides is 7. The minimum Gasteiger partial charge on any atom is -0.324 e. The standard InChI is InChI=1S/C17H11F7N2O5S2/c18-15(19,16(20,21)22)17(23,24)32-12-7-3-1-5-10(12)25-14(27)9-33(30,31)13-8-4-2-6-11(13)26(28)29/h1-8H,9H2,(H,25,27). The zero-order valence-electron chi connectivity index (χ0n) is 15.8. The molecular weight excluding hydrogens is 509 g/mol. The molecule has 1 amide bonds. The number of para-hydroxylation sites is 2. The summed E-state index contributed by atoms with van der Waals surface area (Å²) in [5.41, 5.74) is -1.52. The Morgan fingerprint density at radius 3 is 2.09 bits per heavy atom. The Morgan fingerprint density at radius 1 is 0.970 bits per heavy atom. The molecule has 2 aromatic carbocycles. The van der Waals surface area contributed by atoms with Crippen LogP contribution in [-0.4, -0.2) is 42.4 Å². The molecule has 0 fully saturated rings. The summed E-state index contributed by atoms with van der Waals surface area (Å²) in [5.74, 6) is -9.24. The van der Waals surface area contributed by atoms with Crippen LogP contribution in [0.5, 0.6) is 0 Å². The first-order valence-corrected chi connectivity index (χ1v) is 10.8. The van der Waals surface area contributed by atoms with Gasteiger partial charge in [-0.15, -0.1) is 0 Å². The fourth-order valence-corrected chi connectivity index (χ4v) is 4.55. The molecule has 0 heterocycles. The van der Waals surface area contributed by atoms with Gasteiger partial charge in [0.2, 0.25) is 5.91 Å². The third-order valence-corrected chi connectivity index (χ3v) is 6.59. The molecule has 2 rings (SSSR count). The number of nitrogens with zero attached hydrogens (tertiary/aromatic N) is 1. The molecule has 0 saturated carbocycles. The van der Waals surface area contributed by atoms with Crippen molar-refractivity contribution in [2.45, 2.75) is 27.1 Å². The van der Waals surface area contributed by atoms with Gasteiger partial charge in [-0.1, -0.05) is 24.3 Å². The largest absolute Gasteiger partial charge is 0.460 e. The maximum atomic E-state index is 13.7. The predicted molar refractivity (Wildman–Crippen MR) is 102 cm³/mol. The summed E-state index contributed by atoms with van der Waals surface area (Å²) in [6, 6.07) is 7.70. The second kappa shape index (κ2) is 9.17. The number of thioether (sulfide) groups is 1. The zero-order chi connectivity index (χ0) is 25.2. The van der Waals surface area contributed by atoms with Gasteiger partial charge in [0.15, 0.2) is 9.84 Å². The van der Waals surface area contributed by atoms with Crippen LogP contribution < -0.4 is 5.32 Å². The van der Waals surface area contributed by atoms with E-state index in [0.717, 1.165) is 36.4 Å². The van der Waals surface area contributed by atoms with Crippen molar-refractivity contribution in [1.82, 2.24) is 0 Å². The Morgan fingerprint density at radius 2 is 1.52 bits per heavy atom. The van der Waals surface area contributed by atoms with Crippen molar-refractivity contribution < 1.29 is 48.9 Å². The van der Waals surface area contributed by atoms with Crippen molar-refractivity contribution in [1.29, 1.82) is 0 Å². The van der Waals surface area contributed by atoms with Gasteiger partial charge in [-0.25, -0.2) is 8.42 Å². The van der Waals surface area contributed by atoms with Crippen LogP contribution in [0.4, 0.5) is 42.1 Å². The van der Waals surface area contributed by atoms with E-state index in [0.29, 0.717) is 6.07 Å². The predicted octanol–water partition coefficient (Wildman–Crippen LogP) is 4.89. The number of amides is 1. The van der Waals surface area contributed by atoms with Crippen molar-refractivity contribution in [3.05, 3.63) is 58.6 Å². The molecule has 1 N–H and O–H groups in total. The number of hydrogen-bond acceptors (Lipinski definition) is 6. The lowest BCUT2D eigenvalue weighted by Gasteiger charge is -2.28. The van der Waals surface area contributed by atoms with E-state index in [9.17, 15) is 54.1 Å². The topological polar surface area (TPSA) is 106 Å². The van der Waals surface area contributed by atoms with E-state index in [-0.39, 0.29) is 0 Å². The molecule has 16 heteroatoms. The molecule has 0 spiro atoms. The van der Waals surface area contributed by atoms with Gasteiger partial charge >= 0.3 is 17.4 Å². The van der Waals surface area contributed by atoms with E-state index in [4.69, 9.17) is 0 Å². The number of rotatable bonds is 8. The normalized spacial score (nSPS) is 12.9. The van der Waals surface area contributed by atoms with Crippen LogP contribution in [0, 0.1) is 10.1 Å². The Hall–Kier alpha value is -2.88. The van der Waals surface area contributed by atoms with Gasteiger partial charge in [-0.2, -0.15) is 30.7 Å². The number of carbonyl (C=O) groups is 1. The number of carbonyl (C=O) groups excluding carboxylic acids is 1. The van der Waals surface area contributed by atoms with Crippen molar-refractivity contribution in [2.24, 2.45) is 0 Å². The summed E-state index contributed by atoms with van der Waals surface area (Å²) < 4.78 is 116. The van der Waals surface area contributed by atoms with E-state index < -0.39 is 76.7 Å². The number of anilines is 1. The number of halogens is 7. The number of nitrogens with one attached hydrogen (secondary N) is 1. The molecule has 7 nitrogen and oxygen atoms in total. The Labute approximate surface area is 185 Å². The van der Waals surface area contributed by atoms with Crippen LogP contribution in [0.25, 0.3) is 0 Å². The van der Waals surface area contributed by atoms with Crippen LogP contribution in [0.3, 0.4) is 0 Å². The van der Waals surface area contributed by atoms with Gasteiger partial charge in [-0.05, 0) is 30.0 Å². The van der Waals surface area contributed by atoms with Crippen molar-refractivity contribution in [3.8, 4) is 0 Å². The smallest absolute Gasteiger partial charge is 0.324 e. The Balaban J connectivity index is 2.28. The highest BCUT2D eigenvalue weighted by atomic mass is 32.2. The SMILES string of the molecule is O=C(CS(=O)(=O)c1ccccc1[N+](=O)[O-])Nc1ccccc1SC(F)(F)C(F)(F)C(F)(F)F. The molecule has 0 bridgehead atoms. The van der Waals surface area contributed by atoms with Crippen molar-refractivity contribution >= 4 is 38.9 Å². The molecule has 0 aliphatic heterocycles. The van der Waals surface area contributed by atoms with E-state index in [2.05, 4.69) is 0 Å².